The van der Waals surface area contributed by atoms with Gasteiger partial charge in [-0.15, -0.1) is 0 Å². The standard InChI is InChI=1S/C22H27BrFN3O4S/c1-15(2)25-22(29)16(3)26(13-17-7-5-8-18(23)11-17)21(28)14-27(32(4,30)31)20-10-6-9-19(24)12-20/h5-12,15-16H,13-14H2,1-4H3,(H,25,29)/t16-/m0/s1. The van der Waals surface area contributed by atoms with Gasteiger partial charge in [0.2, 0.25) is 21.8 Å². The van der Waals surface area contributed by atoms with Gasteiger partial charge in [-0.25, -0.2) is 12.8 Å². The van der Waals surface area contributed by atoms with Gasteiger partial charge in [0.15, 0.2) is 0 Å². The number of halogens is 2. The summed E-state index contributed by atoms with van der Waals surface area (Å²) in [7, 11) is -3.90. The number of benzene rings is 2. The molecular weight excluding hydrogens is 501 g/mol. The van der Waals surface area contributed by atoms with E-state index >= 15 is 0 Å². The first-order chi connectivity index (χ1) is 14.9. The van der Waals surface area contributed by atoms with Crippen molar-refractivity contribution in [3.8, 4) is 0 Å². The number of anilines is 1. The summed E-state index contributed by atoms with van der Waals surface area (Å²) in [6.07, 6.45) is 0.943. The molecule has 10 heteroatoms. The number of rotatable bonds is 9. The fraction of sp³-hybridized carbons (Fsp3) is 0.364. The molecule has 0 aliphatic heterocycles. The van der Waals surface area contributed by atoms with Crippen LogP contribution in [0.15, 0.2) is 53.0 Å². The predicted octanol–water partition coefficient (Wildman–Crippen LogP) is 3.30. The van der Waals surface area contributed by atoms with Crippen molar-refractivity contribution in [2.75, 3.05) is 17.1 Å². The van der Waals surface area contributed by atoms with Gasteiger partial charge in [-0.3, -0.25) is 13.9 Å². The number of sulfonamides is 1. The van der Waals surface area contributed by atoms with Gasteiger partial charge in [0.05, 0.1) is 11.9 Å². The number of amides is 2. The highest BCUT2D eigenvalue weighted by molar-refractivity contribution is 9.10. The molecule has 2 aromatic carbocycles. The Labute approximate surface area is 196 Å². The van der Waals surface area contributed by atoms with Gasteiger partial charge in [0, 0.05) is 17.1 Å². The lowest BCUT2D eigenvalue weighted by Crippen LogP contribution is -2.52. The summed E-state index contributed by atoms with van der Waals surface area (Å²) < 4.78 is 40.2. The summed E-state index contributed by atoms with van der Waals surface area (Å²) in [4.78, 5) is 27.3. The van der Waals surface area contributed by atoms with Crippen LogP contribution in [0.1, 0.15) is 26.3 Å². The average molecular weight is 528 g/mol. The minimum Gasteiger partial charge on any atom is -0.352 e. The van der Waals surface area contributed by atoms with Crippen LogP contribution in [0.3, 0.4) is 0 Å². The van der Waals surface area contributed by atoms with Crippen molar-refractivity contribution < 1.29 is 22.4 Å². The maximum Gasteiger partial charge on any atom is 0.244 e. The fourth-order valence-electron chi connectivity index (χ4n) is 3.06. The topological polar surface area (TPSA) is 86.8 Å². The number of nitrogens with one attached hydrogen (secondary N) is 1. The van der Waals surface area contributed by atoms with E-state index in [4.69, 9.17) is 0 Å². The Kier molecular flexibility index (Phi) is 8.80. The highest BCUT2D eigenvalue weighted by Gasteiger charge is 2.30. The lowest BCUT2D eigenvalue weighted by atomic mass is 10.1. The van der Waals surface area contributed by atoms with Crippen molar-refractivity contribution in [2.24, 2.45) is 0 Å². The molecule has 0 fully saturated rings. The zero-order valence-electron chi connectivity index (χ0n) is 18.4. The first-order valence-corrected chi connectivity index (χ1v) is 12.6. The van der Waals surface area contributed by atoms with E-state index < -0.39 is 34.3 Å². The Balaban J connectivity index is 2.39. The van der Waals surface area contributed by atoms with Crippen molar-refractivity contribution in [3.05, 3.63) is 64.4 Å². The first kappa shape index (κ1) is 25.8. The van der Waals surface area contributed by atoms with E-state index in [0.29, 0.717) is 0 Å². The number of hydrogen-bond donors (Lipinski definition) is 1. The van der Waals surface area contributed by atoms with E-state index in [1.165, 1.54) is 23.1 Å². The van der Waals surface area contributed by atoms with Crippen LogP contribution in [0, 0.1) is 5.82 Å². The summed E-state index contributed by atoms with van der Waals surface area (Å²) >= 11 is 3.39. The van der Waals surface area contributed by atoms with E-state index in [-0.39, 0.29) is 24.2 Å². The number of carbonyl (C=O) groups is 2. The molecule has 2 amide bonds. The third-order valence-electron chi connectivity index (χ3n) is 4.62. The summed E-state index contributed by atoms with van der Waals surface area (Å²) in [6, 6.07) is 11.3. The normalized spacial score (nSPS) is 12.3. The molecule has 0 spiro atoms. The maximum atomic E-state index is 13.7. The van der Waals surface area contributed by atoms with E-state index in [9.17, 15) is 22.4 Å². The third kappa shape index (κ3) is 7.30. The Morgan fingerprint density at radius 1 is 1.09 bits per heavy atom. The van der Waals surface area contributed by atoms with E-state index in [0.717, 1.165) is 26.7 Å². The van der Waals surface area contributed by atoms with Gasteiger partial charge >= 0.3 is 0 Å². The molecule has 174 valence electrons. The lowest BCUT2D eigenvalue weighted by Gasteiger charge is -2.32. The molecule has 0 saturated heterocycles. The molecular formula is C22H27BrFN3O4S. The highest BCUT2D eigenvalue weighted by atomic mass is 79.9. The number of hydrogen-bond acceptors (Lipinski definition) is 4. The summed E-state index contributed by atoms with van der Waals surface area (Å²) in [5.41, 5.74) is 0.788. The largest absolute Gasteiger partial charge is 0.352 e. The Hall–Kier alpha value is -2.46. The summed E-state index contributed by atoms with van der Waals surface area (Å²) in [5.74, 6) is -1.58. The molecule has 0 bridgehead atoms. The monoisotopic (exact) mass is 527 g/mol. The van der Waals surface area contributed by atoms with Crippen molar-refractivity contribution in [1.82, 2.24) is 10.2 Å². The second kappa shape index (κ2) is 10.9. The quantitative estimate of drug-likeness (QED) is 0.542. The average Bonchev–Trinajstić information content (AvgIpc) is 2.68. The molecule has 0 unspecified atom stereocenters. The van der Waals surface area contributed by atoms with E-state index in [1.54, 1.807) is 32.9 Å². The van der Waals surface area contributed by atoms with Crippen LogP contribution in [0.25, 0.3) is 0 Å². The predicted molar refractivity (Wildman–Crippen MR) is 126 cm³/mol. The zero-order chi connectivity index (χ0) is 24.1. The number of nitrogens with zero attached hydrogens (tertiary/aromatic N) is 2. The number of carbonyl (C=O) groups excluding carboxylic acids is 2. The van der Waals surface area contributed by atoms with Crippen LogP contribution >= 0.6 is 15.9 Å². The third-order valence-corrected chi connectivity index (χ3v) is 6.25. The molecule has 32 heavy (non-hydrogen) atoms. The van der Waals surface area contributed by atoms with Crippen LogP contribution in [0.5, 0.6) is 0 Å². The van der Waals surface area contributed by atoms with Gasteiger partial charge in [-0.1, -0.05) is 34.1 Å². The summed E-state index contributed by atoms with van der Waals surface area (Å²) in [5, 5.41) is 2.77. The van der Waals surface area contributed by atoms with Gasteiger partial charge in [0.1, 0.15) is 18.4 Å². The van der Waals surface area contributed by atoms with Crippen LogP contribution in [-0.2, 0) is 26.2 Å². The molecule has 0 radical (unpaired) electrons. The molecule has 0 saturated carbocycles. The minimum atomic E-state index is -3.90. The van der Waals surface area contributed by atoms with Crippen LogP contribution in [0.2, 0.25) is 0 Å². The Bertz CT molecular complexity index is 1080. The first-order valence-electron chi connectivity index (χ1n) is 9.96. The second-order valence-corrected chi connectivity index (χ2v) is 10.6. The SMILES string of the molecule is CC(C)NC(=O)[C@H](C)N(Cc1cccc(Br)c1)C(=O)CN(c1cccc(F)c1)S(C)(=O)=O. The molecule has 1 atom stereocenters. The molecule has 0 aliphatic rings. The van der Waals surface area contributed by atoms with Crippen molar-refractivity contribution >= 4 is 43.5 Å². The Morgan fingerprint density at radius 2 is 1.75 bits per heavy atom. The van der Waals surface area contributed by atoms with Gasteiger partial charge in [-0.2, -0.15) is 0 Å². The van der Waals surface area contributed by atoms with Crippen LogP contribution < -0.4 is 9.62 Å². The molecule has 7 nitrogen and oxygen atoms in total. The minimum absolute atomic E-state index is 0.0301. The second-order valence-electron chi connectivity index (χ2n) is 7.74. The smallest absolute Gasteiger partial charge is 0.244 e. The lowest BCUT2D eigenvalue weighted by molar-refractivity contribution is -0.139. The van der Waals surface area contributed by atoms with Crippen molar-refractivity contribution in [3.63, 3.8) is 0 Å². The molecule has 2 aromatic rings. The molecule has 0 heterocycles. The molecule has 0 aliphatic carbocycles. The zero-order valence-corrected chi connectivity index (χ0v) is 20.8. The van der Waals surface area contributed by atoms with Gasteiger partial charge in [0.25, 0.3) is 0 Å². The highest BCUT2D eigenvalue weighted by Crippen LogP contribution is 2.20. The molecule has 0 aromatic heterocycles. The van der Waals surface area contributed by atoms with Crippen molar-refractivity contribution in [1.29, 1.82) is 0 Å². The van der Waals surface area contributed by atoms with Crippen molar-refractivity contribution in [2.45, 2.75) is 39.4 Å². The fourth-order valence-corrected chi connectivity index (χ4v) is 4.35. The van der Waals surface area contributed by atoms with Crippen LogP contribution in [0.4, 0.5) is 10.1 Å². The van der Waals surface area contributed by atoms with E-state index in [2.05, 4.69) is 21.2 Å². The maximum absolute atomic E-state index is 13.7. The molecule has 1 N–H and O–H groups in total. The van der Waals surface area contributed by atoms with Crippen LogP contribution in [-0.4, -0.2) is 50.0 Å². The van der Waals surface area contributed by atoms with Gasteiger partial charge < -0.3 is 10.2 Å². The van der Waals surface area contributed by atoms with Gasteiger partial charge in [-0.05, 0) is 56.7 Å². The summed E-state index contributed by atoms with van der Waals surface area (Å²) in [6.45, 7) is 4.71. The Morgan fingerprint density at radius 3 is 2.31 bits per heavy atom. The molecule has 2 rings (SSSR count). The van der Waals surface area contributed by atoms with E-state index in [1.807, 2.05) is 12.1 Å².